The lowest BCUT2D eigenvalue weighted by molar-refractivity contribution is 0.0724. The molecule has 0 heterocycles. The summed E-state index contributed by atoms with van der Waals surface area (Å²) in [7, 11) is -8.98. The standard InChI is InChI=1S/C34H32N4O10S2/c35-21-27(22-36)30-20-33(47-15-16-48-34(50(42,43)44)18-26-9-5-2-6-10-26)31(28(23-37)24-38)19-32(30)46-14-13-45-12-11-29(49(39,40)41)17-25-7-3-1-4-8-25/h1-10,19-20,29,34H,11-18H2,(H,39,40,41)(H,42,43,44). The summed E-state index contributed by atoms with van der Waals surface area (Å²) in [6.45, 7) is -0.965. The Balaban J connectivity index is 1.75. The summed E-state index contributed by atoms with van der Waals surface area (Å²) in [6, 6.07) is 26.6. The first-order valence-electron chi connectivity index (χ1n) is 14.9. The van der Waals surface area contributed by atoms with E-state index in [-0.39, 0.29) is 74.2 Å². The normalized spacial score (nSPS) is 12.3. The SMILES string of the molecule is N#CC(C#N)=c1cc(OCCOC(Cc2ccccc2)S(=O)(=O)O)c(=C(C#N)C#N)cc1OCCOCCC(Cc1ccccc1)S(=O)(=O)O. The second-order valence-corrected chi connectivity index (χ2v) is 13.7. The Labute approximate surface area is 289 Å². The Morgan fingerprint density at radius 3 is 1.52 bits per heavy atom. The highest BCUT2D eigenvalue weighted by molar-refractivity contribution is 7.86. The van der Waals surface area contributed by atoms with Crippen LogP contribution in [-0.2, 0) is 42.6 Å². The molecule has 0 aliphatic carbocycles. The lowest BCUT2D eigenvalue weighted by atomic mass is 10.1. The molecule has 50 heavy (non-hydrogen) atoms. The van der Waals surface area contributed by atoms with Crippen molar-refractivity contribution in [2.75, 3.05) is 33.0 Å². The molecule has 0 saturated heterocycles. The molecule has 0 bridgehead atoms. The number of benzene rings is 3. The smallest absolute Gasteiger partial charge is 0.292 e. The Morgan fingerprint density at radius 1 is 0.620 bits per heavy atom. The van der Waals surface area contributed by atoms with Gasteiger partial charge in [0.15, 0.2) is 5.44 Å². The van der Waals surface area contributed by atoms with Gasteiger partial charge in [0.05, 0.1) is 18.5 Å². The number of rotatable bonds is 18. The molecule has 2 N–H and O–H groups in total. The van der Waals surface area contributed by atoms with Gasteiger partial charge in [0.1, 0.15) is 60.1 Å². The van der Waals surface area contributed by atoms with E-state index in [0.717, 1.165) is 5.56 Å². The van der Waals surface area contributed by atoms with Crippen LogP contribution in [-0.4, -0.2) is 69.7 Å². The molecule has 0 radical (unpaired) electrons. The lowest BCUT2D eigenvalue weighted by Crippen LogP contribution is -2.29. The van der Waals surface area contributed by atoms with E-state index in [4.69, 9.17) is 18.9 Å². The predicted molar refractivity (Wildman–Crippen MR) is 178 cm³/mol. The predicted octanol–water partition coefficient (Wildman–Crippen LogP) is 2.22. The van der Waals surface area contributed by atoms with Crippen molar-refractivity contribution < 1.29 is 44.9 Å². The van der Waals surface area contributed by atoms with E-state index >= 15 is 0 Å². The molecular weight excluding hydrogens is 689 g/mol. The molecule has 3 aromatic carbocycles. The molecule has 0 aliphatic heterocycles. The van der Waals surface area contributed by atoms with Gasteiger partial charge < -0.3 is 18.9 Å². The van der Waals surface area contributed by atoms with Crippen LogP contribution < -0.4 is 19.9 Å². The first-order valence-corrected chi connectivity index (χ1v) is 17.9. The number of ether oxygens (including phenoxy) is 4. The van der Waals surface area contributed by atoms with Gasteiger partial charge in [-0.15, -0.1) is 0 Å². The second-order valence-electron chi connectivity index (χ2n) is 10.5. The van der Waals surface area contributed by atoms with Crippen LogP contribution in [0.1, 0.15) is 17.5 Å². The van der Waals surface area contributed by atoms with Crippen molar-refractivity contribution in [2.24, 2.45) is 0 Å². The maximum absolute atomic E-state index is 11.9. The zero-order valence-electron chi connectivity index (χ0n) is 26.5. The van der Waals surface area contributed by atoms with Crippen molar-refractivity contribution in [2.45, 2.75) is 29.9 Å². The van der Waals surface area contributed by atoms with Crippen LogP contribution in [0.15, 0.2) is 72.8 Å². The fraction of sp³-hybridized carbons (Fsp3) is 0.294. The number of hydrogen-bond donors (Lipinski definition) is 2. The number of nitriles is 4. The van der Waals surface area contributed by atoms with Gasteiger partial charge in [0.25, 0.3) is 20.2 Å². The molecule has 16 heteroatoms. The van der Waals surface area contributed by atoms with Crippen molar-refractivity contribution in [1.29, 1.82) is 21.0 Å². The average Bonchev–Trinajstić information content (AvgIpc) is 3.09. The van der Waals surface area contributed by atoms with Gasteiger partial charge in [0, 0.05) is 23.5 Å². The summed E-state index contributed by atoms with van der Waals surface area (Å²) in [4.78, 5) is 0. The fourth-order valence-electron chi connectivity index (χ4n) is 4.63. The third kappa shape index (κ3) is 12.0. The van der Waals surface area contributed by atoms with Gasteiger partial charge in [0.2, 0.25) is 0 Å². The first-order chi connectivity index (χ1) is 23.9. The van der Waals surface area contributed by atoms with Crippen molar-refractivity contribution in [3.63, 3.8) is 0 Å². The summed E-state index contributed by atoms with van der Waals surface area (Å²) in [6.07, 6.45) is -0.0821. The molecule has 2 unspecified atom stereocenters. The van der Waals surface area contributed by atoms with E-state index < -0.39 is 42.1 Å². The molecule has 2 atom stereocenters. The van der Waals surface area contributed by atoms with Gasteiger partial charge in [-0.05, 0) is 36.1 Å². The largest absolute Gasteiger partial charge is 0.490 e. The fourth-order valence-corrected chi connectivity index (χ4v) is 6.10. The third-order valence-corrected chi connectivity index (χ3v) is 9.30. The molecule has 0 spiro atoms. The van der Waals surface area contributed by atoms with Crippen LogP contribution in [0.3, 0.4) is 0 Å². The Hall–Kier alpha value is -5.30. The molecule has 260 valence electrons. The third-order valence-electron chi connectivity index (χ3n) is 7.09. The molecule has 0 amide bonds. The highest BCUT2D eigenvalue weighted by Gasteiger charge is 2.25. The molecule has 3 rings (SSSR count). The molecule has 0 aromatic heterocycles. The molecular formula is C34H32N4O10S2. The minimum Gasteiger partial charge on any atom is -0.490 e. The van der Waals surface area contributed by atoms with Crippen molar-refractivity contribution >= 4 is 31.4 Å². The van der Waals surface area contributed by atoms with Crippen molar-refractivity contribution in [3.05, 3.63) is 94.4 Å². The average molecular weight is 721 g/mol. The zero-order chi connectivity index (χ0) is 36.6. The van der Waals surface area contributed by atoms with E-state index in [1.165, 1.54) is 12.1 Å². The van der Waals surface area contributed by atoms with E-state index in [0.29, 0.717) is 5.56 Å². The van der Waals surface area contributed by atoms with Gasteiger partial charge in [-0.2, -0.15) is 37.9 Å². The number of hydrogen-bond acceptors (Lipinski definition) is 12. The maximum atomic E-state index is 11.9. The molecule has 14 nitrogen and oxygen atoms in total. The Morgan fingerprint density at radius 2 is 1.08 bits per heavy atom. The first kappa shape index (κ1) is 39.1. The molecule has 0 aliphatic rings. The van der Waals surface area contributed by atoms with Crippen molar-refractivity contribution in [1.82, 2.24) is 0 Å². The minimum absolute atomic E-state index is 0.0143. The van der Waals surface area contributed by atoms with E-state index in [2.05, 4.69) is 0 Å². The highest BCUT2D eigenvalue weighted by atomic mass is 32.2. The monoisotopic (exact) mass is 720 g/mol. The van der Waals surface area contributed by atoms with Crippen LogP contribution in [0, 0.1) is 45.3 Å². The minimum atomic E-state index is -4.62. The van der Waals surface area contributed by atoms with Crippen LogP contribution in [0.4, 0.5) is 0 Å². The lowest BCUT2D eigenvalue weighted by Gasteiger charge is -2.16. The Kier molecular flexibility index (Phi) is 14.9. The molecule has 0 saturated carbocycles. The van der Waals surface area contributed by atoms with Crippen LogP contribution in [0.5, 0.6) is 11.5 Å². The van der Waals surface area contributed by atoms with Crippen molar-refractivity contribution in [3.8, 4) is 35.8 Å². The summed E-state index contributed by atoms with van der Waals surface area (Å²) in [5.41, 5.74) is -1.09. The topological polar surface area (TPSA) is 241 Å². The molecule has 0 fully saturated rings. The van der Waals surface area contributed by atoms with Crippen LogP contribution >= 0.6 is 0 Å². The number of nitrogens with zero attached hydrogens (tertiary/aromatic N) is 4. The summed E-state index contributed by atoms with van der Waals surface area (Å²) < 4.78 is 89.3. The summed E-state index contributed by atoms with van der Waals surface area (Å²) in [5, 5.41) is 37.2. The summed E-state index contributed by atoms with van der Waals surface area (Å²) in [5.74, 6) is -0.183. The Bertz CT molecular complexity index is 2100. The van der Waals surface area contributed by atoms with Gasteiger partial charge >= 0.3 is 0 Å². The van der Waals surface area contributed by atoms with Gasteiger partial charge in [-0.25, -0.2) is 0 Å². The van der Waals surface area contributed by atoms with E-state index in [1.54, 1.807) is 84.9 Å². The maximum Gasteiger partial charge on any atom is 0.292 e. The van der Waals surface area contributed by atoms with Crippen LogP contribution in [0.25, 0.3) is 11.1 Å². The van der Waals surface area contributed by atoms with Crippen LogP contribution in [0.2, 0.25) is 0 Å². The van der Waals surface area contributed by atoms with Gasteiger partial charge in [-0.1, -0.05) is 60.7 Å². The second kappa shape index (κ2) is 19.0. The molecule has 3 aromatic rings. The summed E-state index contributed by atoms with van der Waals surface area (Å²) >= 11 is 0. The van der Waals surface area contributed by atoms with E-state index in [9.17, 15) is 47.0 Å². The zero-order valence-corrected chi connectivity index (χ0v) is 28.1. The quantitative estimate of drug-likeness (QED) is 0.141. The highest BCUT2D eigenvalue weighted by Crippen LogP contribution is 2.15. The van der Waals surface area contributed by atoms with E-state index in [1.807, 2.05) is 0 Å². The van der Waals surface area contributed by atoms with Gasteiger partial charge in [-0.3, -0.25) is 9.11 Å².